The van der Waals surface area contributed by atoms with Crippen LogP contribution in [0.15, 0.2) is 30.6 Å². The zero-order valence-electron chi connectivity index (χ0n) is 11.7. The summed E-state index contributed by atoms with van der Waals surface area (Å²) < 4.78 is 0. The lowest BCUT2D eigenvalue weighted by Gasteiger charge is -2.08. The molecule has 0 aliphatic rings. The van der Waals surface area contributed by atoms with Gasteiger partial charge < -0.3 is 15.5 Å². The largest absolute Gasteiger partial charge is 0.507 e. The molecular weight excluding hydrogens is 302 g/mol. The number of benzene rings is 1. The Bertz CT molecular complexity index is 860. The SMILES string of the molecule is CCc1cc2c(Nc3ccc(O)c(C(=O)O)c3)ncnc2s1. The van der Waals surface area contributed by atoms with E-state index in [1.165, 1.54) is 23.3 Å². The number of hydrogen-bond acceptors (Lipinski definition) is 6. The number of thiophene rings is 1. The van der Waals surface area contributed by atoms with E-state index in [4.69, 9.17) is 5.11 Å². The highest BCUT2D eigenvalue weighted by atomic mass is 32.1. The smallest absolute Gasteiger partial charge is 0.339 e. The fraction of sp³-hybridized carbons (Fsp3) is 0.133. The number of carboxylic acid groups (broad SMARTS) is 1. The highest BCUT2D eigenvalue weighted by Crippen LogP contribution is 2.31. The van der Waals surface area contributed by atoms with Gasteiger partial charge in [0, 0.05) is 10.6 Å². The maximum atomic E-state index is 11.1. The lowest BCUT2D eigenvalue weighted by molar-refractivity contribution is 0.0694. The summed E-state index contributed by atoms with van der Waals surface area (Å²) in [5, 5.41) is 22.6. The van der Waals surface area contributed by atoms with Gasteiger partial charge in [0.05, 0.1) is 5.39 Å². The molecule has 3 aromatic rings. The van der Waals surface area contributed by atoms with Crippen LogP contribution in [0.5, 0.6) is 5.75 Å². The Kier molecular flexibility index (Phi) is 3.64. The van der Waals surface area contributed by atoms with Crippen LogP contribution in [0.3, 0.4) is 0 Å². The first kappa shape index (κ1) is 14.3. The van der Waals surface area contributed by atoms with Crippen molar-refractivity contribution in [3.63, 3.8) is 0 Å². The van der Waals surface area contributed by atoms with E-state index >= 15 is 0 Å². The van der Waals surface area contributed by atoms with E-state index in [0.717, 1.165) is 16.6 Å². The van der Waals surface area contributed by atoms with Crippen LogP contribution in [-0.2, 0) is 6.42 Å². The van der Waals surface area contributed by atoms with E-state index in [2.05, 4.69) is 22.2 Å². The van der Waals surface area contributed by atoms with Crippen molar-refractivity contribution in [3.8, 4) is 5.75 Å². The quantitative estimate of drug-likeness (QED) is 0.639. The van der Waals surface area contributed by atoms with Gasteiger partial charge in [0.25, 0.3) is 0 Å². The summed E-state index contributed by atoms with van der Waals surface area (Å²) in [4.78, 5) is 21.6. The minimum Gasteiger partial charge on any atom is -0.507 e. The molecule has 6 nitrogen and oxygen atoms in total. The standard InChI is InChI=1S/C15H13N3O3S/c1-2-9-6-11-13(16-7-17-14(11)22-9)18-8-3-4-12(19)10(5-8)15(20)21/h3-7,19H,2H2,1H3,(H,20,21)(H,16,17,18). The monoisotopic (exact) mass is 315 g/mol. The van der Waals surface area contributed by atoms with Gasteiger partial charge in [0.2, 0.25) is 0 Å². The van der Waals surface area contributed by atoms with Gasteiger partial charge in [-0.1, -0.05) is 6.92 Å². The average molecular weight is 315 g/mol. The third-order valence-electron chi connectivity index (χ3n) is 3.22. The Labute approximate surface area is 130 Å². The van der Waals surface area contributed by atoms with Crippen molar-refractivity contribution in [1.29, 1.82) is 0 Å². The van der Waals surface area contributed by atoms with E-state index in [0.29, 0.717) is 11.5 Å². The molecule has 0 fully saturated rings. The molecule has 3 N–H and O–H groups in total. The number of aryl methyl sites for hydroxylation is 1. The van der Waals surface area contributed by atoms with E-state index in [1.807, 2.05) is 6.07 Å². The summed E-state index contributed by atoms with van der Waals surface area (Å²) in [5.41, 5.74) is 0.384. The number of nitrogens with zero attached hydrogens (tertiary/aromatic N) is 2. The van der Waals surface area contributed by atoms with E-state index in [1.54, 1.807) is 17.4 Å². The van der Waals surface area contributed by atoms with Gasteiger partial charge in [0.15, 0.2) is 0 Å². The molecule has 0 radical (unpaired) electrons. The summed E-state index contributed by atoms with van der Waals surface area (Å²) in [6.07, 6.45) is 2.39. The normalized spacial score (nSPS) is 10.8. The second-order valence-corrected chi connectivity index (χ2v) is 5.78. The number of rotatable bonds is 4. The molecule has 7 heteroatoms. The first-order chi connectivity index (χ1) is 10.6. The Morgan fingerprint density at radius 1 is 1.32 bits per heavy atom. The molecule has 0 saturated heterocycles. The molecular formula is C15H13N3O3S. The van der Waals surface area contributed by atoms with Crippen LogP contribution in [0.4, 0.5) is 11.5 Å². The number of carbonyl (C=O) groups is 1. The third-order valence-corrected chi connectivity index (χ3v) is 4.41. The van der Waals surface area contributed by atoms with Crippen molar-refractivity contribution in [2.45, 2.75) is 13.3 Å². The molecule has 2 aromatic heterocycles. The number of anilines is 2. The summed E-state index contributed by atoms with van der Waals surface area (Å²) in [5.74, 6) is -0.838. The molecule has 0 amide bonds. The Morgan fingerprint density at radius 2 is 2.14 bits per heavy atom. The van der Waals surface area contributed by atoms with Crippen molar-refractivity contribution in [3.05, 3.63) is 41.0 Å². The van der Waals surface area contributed by atoms with Crippen molar-refractivity contribution < 1.29 is 15.0 Å². The van der Waals surface area contributed by atoms with Gasteiger partial charge in [-0.05, 0) is 30.7 Å². The number of phenols is 1. The van der Waals surface area contributed by atoms with Crippen molar-refractivity contribution in [2.24, 2.45) is 0 Å². The number of nitrogens with one attached hydrogen (secondary N) is 1. The molecule has 22 heavy (non-hydrogen) atoms. The van der Waals surface area contributed by atoms with Gasteiger partial charge in [-0.2, -0.15) is 0 Å². The van der Waals surface area contributed by atoms with Crippen LogP contribution in [0.2, 0.25) is 0 Å². The minimum atomic E-state index is -1.18. The summed E-state index contributed by atoms with van der Waals surface area (Å²) in [7, 11) is 0. The molecule has 0 bridgehead atoms. The van der Waals surface area contributed by atoms with Crippen LogP contribution in [-0.4, -0.2) is 26.2 Å². The van der Waals surface area contributed by atoms with Gasteiger partial charge >= 0.3 is 5.97 Å². The topological polar surface area (TPSA) is 95.3 Å². The molecule has 0 aliphatic carbocycles. The first-order valence-electron chi connectivity index (χ1n) is 6.65. The number of hydrogen-bond donors (Lipinski definition) is 3. The van der Waals surface area contributed by atoms with Crippen molar-refractivity contribution in [2.75, 3.05) is 5.32 Å². The molecule has 3 rings (SSSR count). The predicted molar refractivity (Wildman–Crippen MR) is 85.1 cm³/mol. The average Bonchev–Trinajstić information content (AvgIpc) is 2.93. The van der Waals surface area contributed by atoms with Gasteiger partial charge in [0.1, 0.15) is 28.3 Å². The Morgan fingerprint density at radius 3 is 2.86 bits per heavy atom. The molecule has 2 heterocycles. The molecule has 0 saturated carbocycles. The molecule has 0 atom stereocenters. The fourth-order valence-corrected chi connectivity index (χ4v) is 3.04. The highest BCUT2D eigenvalue weighted by Gasteiger charge is 2.12. The zero-order valence-corrected chi connectivity index (χ0v) is 12.5. The predicted octanol–water partition coefficient (Wildman–Crippen LogP) is 3.40. The van der Waals surface area contributed by atoms with Crippen LogP contribution in [0.25, 0.3) is 10.2 Å². The van der Waals surface area contributed by atoms with Crippen molar-refractivity contribution in [1.82, 2.24) is 9.97 Å². The first-order valence-corrected chi connectivity index (χ1v) is 7.47. The summed E-state index contributed by atoms with van der Waals surface area (Å²) in [6, 6.07) is 6.34. The highest BCUT2D eigenvalue weighted by molar-refractivity contribution is 7.18. The van der Waals surface area contributed by atoms with Crippen LogP contribution < -0.4 is 5.32 Å². The molecule has 112 valence electrons. The summed E-state index contributed by atoms with van der Waals surface area (Å²) in [6.45, 7) is 2.07. The number of carboxylic acids is 1. The number of fused-ring (bicyclic) bond motifs is 1. The zero-order chi connectivity index (χ0) is 15.7. The van der Waals surface area contributed by atoms with E-state index in [9.17, 15) is 9.90 Å². The number of aromatic nitrogens is 2. The van der Waals surface area contributed by atoms with Gasteiger partial charge in [-0.15, -0.1) is 11.3 Å². The lowest BCUT2D eigenvalue weighted by Crippen LogP contribution is -2.00. The summed E-state index contributed by atoms with van der Waals surface area (Å²) >= 11 is 1.61. The Hall–Kier alpha value is -2.67. The molecule has 1 aromatic carbocycles. The molecule has 0 aliphatic heterocycles. The van der Waals surface area contributed by atoms with Crippen LogP contribution >= 0.6 is 11.3 Å². The van der Waals surface area contributed by atoms with Crippen LogP contribution in [0, 0.1) is 0 Å². The van der Waals surface area contributed by atoms with Gasteiger partial charge in [-0.3, -0.25) is 0 Å². The van der Waals surface area contributed by atoms with Crippen molar-refractivity contribution >= 4 is 39.0 Å². The van der Waals surface area contributed by atoms with E-state index < -0.39 is 5.97 Å². The lowest BCUT2D eigenvalue weighted by atomic mass is 10.1. The molecule has 0 unspecified atom stereocenters. The maximum absolute atomic E-state index is 11.1. The molecule has 0 spiro atoms. The number of aromatic carboxylic acids is 1. The Balaban J connectivity index is 2.01. The second kappa shape index (κ2) is 5.61. The second-order valence-electron chi connectivity index (χ2n) is 4.67. The third kappa shape index (κ3) is 2.58. The van der Waals surface area contributed by atoms with Crippen LogP contribution in [0.1, 0.15) is 22.2 Å². The van der Waals surface area contributed by atoms with Gasteiger partial charge in [-0.25, -0.2) is 14.8 Å². The number of aromatic hydroxyl groups is 1. The fourth-order valence-electron chi connectivity index (χ4n) is 2.10. The van der Waals surface area contributed by atoms with E-state index in [-0.39, 0.29) is 11.3 Å². The maximum Gasteiger partial charge on any atom is 0.339 e. The minimum absolute atomic E-state index is 0.158.